The predicted molar refractivity (Wildman–Crippen MR) is 81.1 cm³/mol. The molecule has 1 heterocycles. The number of hydrogen-bond donors (Lipinski definition) is 4. The maximum absolute atomic E-state index is 12.4. The highest BCUT2D eigenvalue weighted by Crippen LogP contribution is 2.42. The van der Waals surface area contributed by atoms with Gasteiger partial charge in [0, 0.05) is 11.6 Å². The molecule has 3 rings (SSSR count). The Balaban J connectivity index is 2.40. The summed E-state index contributed by atoms with van der Waals surface area (Å²) in [5.41, 5.74) is -0.532. The molecular formula is C16H12O7. The van der Waals surface area contributed by atoms with Crippen molar-refractivity contribution < 1.29 is 29.6 Å². The van der Waals surface area contributed by atoms with Gasteiger partial charge in [-0.05, 0) is 24.3 Å². The van der Waals surface area contributed by atoms with Crippen molar-refractivity contribution >= 4 is 11.0 Å². The van der Waals surface area contributed by atoms with Crippen LogP contribution in [0.25, 0.3) is 22.3 Å². The standard InChI is InChI=1S/C16H12O7/c1-22-16-11-10(6-9(18)12(16)19)23-15(14(21)13(11)20)7-2-4-8(17)5-3-7/h2-6,17-19,21H,1H3. The van der Waals surface area contributed by atoms with Gasteiger partial charge in [-0.15, -0.1) is 0 Å². The first kappa shape index (κ1) is 14.6. The molecule has 1 aromatic heterocycles. The minimum atomic E-state index is -0.818. The lowest BCUT2D eigenvalue weighted by molar-refractivity contribution is 0.353. The number of phenols is 3. The van der Waals surface area contributed by atoms with E-state index in [2.05, 4.69) is 0 Å². The molecule has 118 valence electrons. The summed E-state index contributed by atoms with van der Waals surface area (Å²) < 4.78 is 10.4. The van der Waals surface area contributed by atoms with Gasteiger partial charge in [-0.1, -0.05) is 0 Å². The summed E-state index contributed by atoms with van der Waals surface area (Å²) in [7, 11) is 1.21. The Kier molecular flexibility index (Phi) is 3.25. The highest BCUT2D eigenvalue weighted by atomic mass is 16.5. The fourth-order valence-corrected chi connectivity index (χ4v) is 2.29. The van der Waals surface area contributed by atoms with Crippen molar-refractivity contribution in [2.45, 2.75) is 0 Å². The van der Waals surface area contributed by atoms with Crippen LogP contribution in [0.1, 0.15) is 0 Å². The molecule has 0 bridgehead atoms. The maximum Gasteiger partial charge on any atom is 0.238 e. The van der Waals surface area contributed by atoms with Crippen LogP contribution in [0.5, 0.6) is 28.7 Å². The van der Waals surface area contributed by atoms with Gasteiger partial charge < -0.3 is 29.6 Å². The van der Waals surface area contributed by atoms with E-state index in [1.807, 2.05) is 0 Å². The van der Waals surface area contributed by atoms with Crippen molar-refractivity contribution in [3.05, 3.63) is 40.6 Å². The molecule has 0 unspecified atom stereocenters. The Morgan fingerprint density at radius 3 is 2.26 bits per heavy atom. The van der Waals surface area contributed by atoms with Gasteiger partial charge >= 0.3 is 0 Å². The molecule has 23 heavy (non-hydrogen) atoms. The number of phenolic OH excluding ortho intramolecular Hbond substituents is 3. The first-order valence-corrected chi connectivity index (χ1v) is 6.52. The minimum Gasteiger partial charge on any atom is -0.508 e. The number of benzene rings is 2. The van der Waals surface area contributed by atoms with E-state index in [1.54, 1.807) is 0 Å². The van der Waals surface area contributed by atoms with E-state index in [4.69, 9.17) is 9.15 Å². The number of methoxy groups -OCH3 is 1. The quantitative estimate of drug-likeness (QED) is 0.535. The van der Waals surface area contributed by atoms with Crippen LogP contribution >= 0.6 is 0 Å². The van der Waals surface area contributed by atoms with Crippen molar-refractivity contribution in [3.8, 4) is 40.1 Å². The van der Waals surface area contributed by atoms with Gasteiger partial charge in [0.25, 0.3) is 0 Å². The average Bonchev–Trinajstić information content (AvgIpc) is 2.54. The monoisotopic (exact) mass is 316 g/mol. The first-order chi connectivity index (χ1) is 10.9. The minimum absolute atomic E-state index is 0.0145. The predicted octanol–water partition coefficient (Wildman–Crippen LogP) is 2.29. The Hall–Kier alpha value is -3.35. The van der Waals surface area contributed by atoms with E-state index in [0.717, 1.165) is 6.07 Å². The van der Waals surface area contributed by atoms with Crippen LogP contribution in [0, 0.1) is 0 Å². The zero-order chi connectivity index (χ0) is 16.7. The van der Waals surface area contributed by atoms with Crippen LogP contribution in [0.4, 0.5) is 0 Å². The Morgan fingerprint density at radius 1 is 1.00 bits per heavy atom. The number of fused-ring (bicyclic) bond motifs is 1. The molecule has 7 nitrogen and oxygen atoms in total. The van der Waals surface area contributed by atoms with Crippen molar-refractivity contribution in [2.24, 2.45) is 0 Å². The van der Waals surface area contributed by atoms with E-state index in [9.17, 15) is 25.2 Å². The second-order valence-electron chi connectivity index (χ2n) is 4.81. The summed E-state index contributed by atoms with van der Waals surface area (Å²) in [5, 5.41) is 38.7. The molecule has 0 atom stereocenters. The van der Waals surface area contributed by atoms with Crippen LogP contribution in [-0.4, -0.2) is 27.5 Å². The summed E-state index contributed by atoms with van der Waals surface area (Å²) in [5.74, 6) is -2.23. The van der Waals surface area contributed by atoms with Gasteiger partial charge in [-0.2, -0.15) is 0 Å². The number of ether oxygens (including phenoxy) is 1. The summed E-state index contributed by atoms with van der Waals surface area (Å²) in [6.07, 6.45) is 0. The number of aromatic hydroxyl groups is 4. The van der Waals surface area contributed by atoms with Crippen LogP contribution in [0.3, 0.4) is 0 Å². The van der Waals surface area contributed by atoms with Crippen molar-refractivity contribution in [1.82, 2.24) is 0 Å². The molecule has 0 saturated heterocycles. The molecule has 0 amide bonds. The second kappa shape index (κ2) is 5.13. The molecule has 2 aromatic carbocycles. The fourth-order valence-electron chi connectivity index (χ4n) is 2.29. The van der Waals surface area contributed by atoms with Crippen LogP contribution in [0.15, 0.2) is 39.5 Å². The lowest BCUT2D eigenvalue weighted by Gasteiger charge is -2.11. The molecule has 3 aromatic rings. The zero-order valence-corrected chi connectivity index (χ0v) is 11.9. The lowest BCUT2D eigenvalue weighted by Crippen LogP contribution is -2.04. The topological polar surface area (TPSA) is 120 Å². The molecular weight excluding hydrogens is 304 g/mol. The molecule has 0 radical (unpaired) electrons. The average molecular weight is 316 g/mol. The SMILES string of the molecule is COc1c(O)c(O)cc2oc(-c3ccc(O)cc3)c(O)c(=O)c12. The van der Waals surface area contributed by atoms with Crippen molar-refractivity contribution in [2.75, 3.05) is 7.11 Å². The third-order valence-electron chi connectivity index (χ3n) is 3.40. The Labute approximate surface area is 129 Å². The van der Waals surface area contributed by atoms with Gasteiger partial charge in [0.2, 0.25) is 16.9 Å². The lowest BCUT2D eigenvalue weighted by atomic mass is 10.1. The number of rotatable bonds is 2. The van der Waals surface area contributed by atoms with Crippen LogP contribution in [-0.2, 0) is 0 Å². The summed E-state index contributed by atoms with van der Waals surface area (Å²) in [6.45, 7) is 0. The smallest absolute Gasteiger partial charge is 0.238 e. The van der Waals surface area contributed by atoms with E-state index in [-0.39, 0.29) is 28.2 Å². The summed E-state index contributed by atoms with van der Waals surface area (Å²) in [6, 6.07) is 6.70. The first-order valence-electron chi connectivity index (χ1n) is 6.52. The van der Waals surface area contributed by atoms with E-state index < -0.39 is 22.7 Å². The van der Waals surface area contributed by atoms with Crippen LogP contribution < -0.4 is 10.2 Å². The number of hydrogen-bond acceptors (Lipinski definition) is 7. The molecule has 0 aliphatic carbocycles. The summed E-state index contributed by atoms with van der Waals surface area (Å²) in [4.78, 5) is 12.4. The van der Waals surface area contributed by atoms with Crippen molar-refractivity contribution in [3.63, 3.8) is 0 Å². The summed E-state index contributed by atoms with van der Waals surface area (Å²) >= 11 is 0. The second-order valence-corrected chi connectivity index (χ2v) is 4.81. The molecule has 0 saturated carbocycles. The molecule has 0 spiro atoms. The normalized spacial score (nSPS) is 10.8. The largest absolute Gasteiger partial charge is 0.508 e. The Morgan fingerprint density at radius 2 is 1.65 bits per heavy atom. The maximum atomic E-state index is 12.4. The molecule has 7 heteroatoms. The third-order valence-corrected chi connectivity index (χ3v) is 3.40. The van der Waals surface area contributed by atoms with Gasteiger partial charge in [0.1, 0.15) is 16.7 Å². The molecule has 4 N–H and O–H groups in total. The molecule has 0 fully saturated rings. The van der Waals surface area contributed by atoms with E-state index >= 15 is 0 Å². The van der Waals surface area contributed by atoms with Crippen LogP contribution in [0.2, 0.25) is 0 Å². The van der Waals surface area contributed by atoms with Gasteiger partial charge in [0.15, 0.2) is 17.3 Å². The molecule has 0 aliphatic heterocycles. The highest BCUT2D eigenvalue weighted by Gasteiger charge is 2.22. The molecule has 0 aliphatic rings. The van der Waals surface area contributed by atoms with E-state index in [1.165, 1.54) is 31.4 Å². The van der Waals surface area contributed by atoms with Gasteiger partial charge in [-0.3, -0.25) is 4.79 Å². The third kappa shape index (κ3) is 2.18. The highest BCUT2D eigenvalue weighted by molar-refractivity contribution is 5.91. The fraction of sp³-hybridized carbons (Fsp3) is 0.0625. The van der Waals surface area contributed by atoms with Gasteiger partial charge in [-0.25, -0.2) is 0 Å². The zero-order valence-electron chi connectivity index (χ0n) is 11.9. The van der Waals surface area contributed by atoms with Crippen molar-refractivity contribution in [1.29, 1.82) is 0 Å². The Bertz CT molecular complexity index is 955. The van der Waals surface area contributed by atoms with E-state index in [0.29, 0.717) is 5.56 Å². The van der Waals surface area contributed by atoms with Gasteiger partial charge in [0.05, 0.1) is 7.11 Å².